The van der Waals surface area contributed by atoms with Crippen LogP contribution in [0.1, 0.15) is 0 Å². The van der Waals surface area contributed by atoms with E-state index in [1.807, 2.05) is 0 Å². The van der Waals surface area contributed by atoms with Crippen molar-refractivity contribution in [3.05, 3.63) is 28.3 Å². The molecule has 2 fully saturated rings. The molecular weight excluding hydrogens is 334 g/mol. The first-order valence-electron chi connectivity index (χ1n) is 6.49. The molecule has 22 heavy (non-hydrogen) atoms. The van der Waals surface area contributed by atoms with Crippen LogP contribution in [0.5, 0.6) is 5.75 Å². The molecule has 0 amide bonds. The number of non-ortho nitro benzene ring substituents is 1. The van der Waals surface area contributed by atoms with Gasteiger partial charge < -0.3 is 10.1 Å². The van der Waals surface area contributed by atoms with E-state index in [4.69, 9.17) is 4.74 Å². The lowest BCUT2D eigenvalue weighted by molar-refractivity contribution is -0.385. The highest BCUT2D eigenvalue weighted by molar-refractivity contribution is 7.89. The number of fused-ring (bicyclic) bond motifs is 1. The number of benzene rings is 1. The molecular formula is C12H16ClN3O5S. The first kappa shape index (κ1) is 16.9. The Balaban J connectivity index is 0.00000176. The predicted octanol–water partition coefficient (Wildman–Crippen LogP) is 0.521. The van der Waals surface area contributed by atoms with Crippen molar-refractivity contribution in [1.82, 2.24) is 10.0 Å². The summed E-state index contributed by atoms with van der Waals surface area (Å²) in [5.74, 6) is 0.647. The van der Waals surface area contributed by atoms with E-state index in [1.54, 1.807) is 0 Å². The van der Waals surface area contributed by atoms with Gasteiger partial charge in [-0.1, -0.05) is 0 Å². The Bertz CT molecular complexity index is 686. The first-order chi connectivity index (χ1) is 9.94. The molecule has 0 spiro atoms. The van der Waals surface area contributed by atoms with Gasteiger partial charge in [0.05, 0.1) is 18.1 Å². The van der Waals surface area contributed by atoms with Crippen LogP contribution in [0.3, 0.4) is 0 Å². The van der Waals surface area contributed by atoms with Gasteiger partial charge in [0.25, 0.3) is 5.69 Å². The maximum absolute atomic E-state index is 12.4. The zero-order valence-corrected chi connectivity index (χ0v) is 13.3. The standard InChI is InChI=1S/C12H15N3O5S.ClH/c1-20-10-4-7(15(16)17)2-3-11(10)21(18,19)14-12-8-5-13-6-9(8)12;/h2-4,8-9,12-14H,5-6H2,1H3;1H. The van der Waals surface area contributed by atoms with Crippen molar-refractivity contribution in [3.8, 4) is 5.75 Å². The van der Waals surface area contributed by atoms with E-state index in [9.17, 15) is 18.5 Å². The van der Waals surface area contributed by atoms with Crippen LogP contribution in [0, 0.1) is 22.0 Å². The first-order valence-corrected chi connectivity index (χ1v) is 7.98. The van der Waals surface area contributed by atoms with Crippen molar-refractivity contribution in [2.75, 3.05) is 20.2 Å². The molecule has 1 aromatic carbocycles. The van der Waals surface area contributed by atoms with Crippen LogP contribution in [-0.4, -0.2) is 39.6 Å². The number of piperidine rings is 1. The topological polar surface area (TPSA) is 111 Å². The van der Waals surface area contributed by atoms with Crippen molar-refractivity contribution in [2.45, 2.75) is 10.9 Å². The largest absolute Gasteiger partial charge is 0.495 e. The second kappa shape index (κ2) is 5.99. The van der Waals surface area contributed by atoms with E-state index in [-0.39, 0.29) is 34.8 Å². The Morgan fingerprint density at radius 3 is 2.55 bits per heavy atom. The van der Waals surface area contributed by atoms with Crippen LogP contribution < -0.4 is 14.8 Å². The number of methoxy groups -OCH3 is 1. The van der Waals surface area contributed by atoms with Gasteiger partial charge in [-0.25, -0.2) is 13.1 Å². The van der Waals surface area contributed by atoms with Gasteiger partial charge in [0.1, 0.15) is 10.6 Å². The Hall–Kier alpha value is -1.42. The van der Waals surface area contributed by atoms with Crippen LogP contribution in [0.15, 0.2) is 23.1 Å². The molecule has 2 atom stereocenters. The molecule has 1 heterocycles. The fourth-order valence-electron chi connectivity index (χ4n) is 2.83. The molecule has 0 aromatic heterocycles. The summed E-state index contributed by atoms with van der Waals surface area (Å²) in [4.78, 5) is 10.1. The Labute approximate surface area is 133 Å². The van der Waals surface area contributed by atoms with Crippen molar-refractivity contribution < 1.29 is 18.1 Å². The van der Waals surface area contributed by atoms with Crippen molar-refractivity contribution in [2.24, 2.45) is 11.8 Å². The summed E-state index contributed by atoms with van der Waals surface area (Å²) in [5.41, 5.74) is -0.210. The molecule has 10 heteroatoms. The SMILES string of the molecule is COc1cc([N+](=O)[O-])ccc1S(=O)(=O)NC1C2CNCC21.Cl. The average molecular weight is 350 g/mol. The molecule has 1 saturated carbocycles. The van der Waals surface area contributed by atoms with Gasteiger partial charge >= 0.3 is 0 Å². The van der Waals surface area contributed by atoms with Gasteiger partial charge in [0.15, 0.2) is 0 Å². The van der Waals surface area contributed by atoms with Crippen LogP contribution in [0.2, 0.25) is 0 Å². The van der Waals surface area contributed by atoms with E-state index >= 15 is 0 Å². The summed E-state index contributed by atoms with van der Waals surface area (Å²) in [6.07, 6.45) is 0. The van der Waals surface area contributed by atoms with Crippen LogP contribution >= 0.6 is 12.4 Å². The molecule has 2 N–H and O–H groups in total. The minimum absolute atomic E-state index is 0. The van der Waals surface area contributed by atoms with E-state index in [2.05, 4.69) is 10.0 Å². The lowest BCUT2D eigenvalue weighted by Gasteiger charge is -2.11. The summed E-state index contributed by atoms with van der Waals surface area (Å²) >= 11 is 0. The quantitative estimate of drug-likeness (QED) is 0.592. The third-order valence-corrected chi connectivity index (χ3v) is 5.53. The molecule has 2 unspecified atom stereocenters. The number of nitro benzene ring substituents is 1. The molecule has 122 valence electrons. The summed E-state index contributed by atoms with van der Waals surface area (Å²) in [6.45, 7) is 1.63. The number of hydrogen-bond donors (Lipinski definition) is 2. The summed E-state index contributed by atoms with van der Waals surface area (Å²) in [5, 5.41) is 13.9. The van der Waals surface area contributed by atoms with Gasteiger partial charge in [0.2, 0.25) is 10.0 Å². The third-order valence-electron chi connectivity index (χ3n) is 4.03. The fourth-order valence-corrected chi connectivity index (χ4v) is 4.32. The molecule has 2 aliphatic rings. The van der Waals surface area contributed by atoms with E-state index in [0.29, 0.717) is 11.8 Å². The molecule has 0 radical (unpaired) electrons. The van der Waals surface area contributed by atoms with Crippen LogP contribution in [0.4, 0.5) is 5.69 Å². The monoisotopic (exact) mass is 349 g/mol. The van der Waals surface area contributed by atoms with Gasteiger partial charge in [-0.2, -0.15) is 0 Å². The normalized spacial score (nSPS) is 26.0. The second-order valence-electron chi connectivity index (χ2n) is 5.23. The average Bonchev–Trinajstić information content (AvgIpc) is 2.88. The highest BCUT2D eigenvalue weighted by atomic mass is 35.5. The Morgan fingerprint density at radius 2 is 2.00 bits per heavy atom. The van der Waals surface area contributed by atoms with Gasteiger partial charge in [-0.15, -0.1) is 12.4 Å². The summed E-state index contributed by atoms with van der Waals surface area (Å²) < 4.78 is 32.4. The van der Waals surface area contributed by atoms with E-state index < -0.39 is 14.9 Å². The van der Waals surface area contributed by atoms with Gasteiger partial charge in [0, 0.05) is 12.1 Å². The molecule has 8 nitrogen and oxygen atoms in total. The maximum atomic E-state index is 12.4. The zero-order valence-electron chi connectivity index (χ0n) is 11.7. The van der Waals surface area contributed by atoms with Crippen molar-refractivity contribution in [3.63, 3.8) is 0 Å². The number of rotatable bonds is 5. The van der Waals surface area contributed by atoms with E-state index in [0.717, 1.165) is 25.2 Å². The Morgan fingerprint density at radius 1 is 1.36 bits per heavy atom. The summed E-state index contributed by atoms with van der Waals surface area (Å²) in [6, 6.07) is 3.42. The lowest BCUT2D eigenvalue weighted by atomic mass is 10.3. The third kappa shape index (κ3) is 2.89. The lowest BCUT2D eigenvalue weighted by Crippen LogP contribution is -2.32. The van der Waals surface area contributed by atoms with Gasteiger partial charge in [-0.3, -0.25) is 10.1 Å². The van der Waals surface area contributed by atoms with Crippen LogP contribution in [0.25, 0.3) is 0 Å². The molecule has 1 saturated heterocycles. The molecule has 1 aliphatic carbocycles. The Kier molecular flexibility index (Phi) is 4.62. The predicted molar refractivity (Wildman–Crippen MR) is 80.9 cm³/mol. The number of ether oxygens (including phenoxy) is 1. The van der Waals surface area contributed by atoms with Crippen LogP contribution in [-0.2, 0) is 10.0 Å². The van der Waals surface area contributed by atoms with Crippen molar-refractivity contribution >= 4 is 28.1 Å². The highest BCUT2D eigenvalue weighted by Crippen LogP contribution is 2.43. The number of nitrogens with zero attached hydrogens (tertiary/aromatic N) is 1. The van der Waals surface area contributed by atoms with Gasteiger partial charge in [-0.05, 0) is 31.0 Å². The highest BCUT2D eigenvalue weighted by Gasteiger charge is 2.54. The molecule has 0 bridgehead atoms. The maximum Gasteiger partial charge on any atom is 0.273 e. The molecule has 1 aliphatic heterocycles. The summed E-state index contributed by atoms with van der Waals surface area (Å²) in [7, 11) is -2.46. The minimum atomic E-state index is -3.75. The molecule has 1 aromatic rings. The zero-order chi connectivity index (χ0) is 15.2. The number of sulfonamides is 1. The second-order valence-corrected chi connectivity index (χ2v) is 6.91. The number of nitro groups is 1. The number of hydrogen-bond acceptors (Lipinski definition) is 6. The molecule has 3 rings (SSSR count). The fraction of sp³-hybridized carbons (Fsp3) is 0.500. The van der Waals surface area contributed by atoms with E-state index in [1.165, 1.54) is 13.2 Å². The number of nitrogens with one attached hydrogen (secondary N) is 2. The minimum Gasteiger partial charge on any atom is -0.495 e. The number of halogens is 1. The van der Waals surface area contributed by atoms with Crippen molar-refractivity contribution in [1.29, 1.82) is 0 Å². The smallest absolute Gasteiger partial charge is 0.273 e.